The molecule has 2 rings (SSSR count). The van der Waals surface area contributed by atoms with Gasteiger partial charge in [0.15, 0.2) is 5.69 Å². The first-order chi connectivity index (χ1) is 7.80. The molecule has 0 saturated heterocycles. The molecule has 1 aliphatic carbocycles. The van der Waals surface area contributed by atoms with Gasteiger partial charge in [-0.2, -0.15) is 18.3 Å². The highest BCUT2D eigenvalue weighted by molar-refractivity contribution is 5.87. The van der Waals surface area contributed by atoms with E-state index in [1.165, 1.54) is 4.68 Å². The van der Waals surface area contributed by atoms with Gasteiger partial charge in [-0.3, -0.25) is 4.68 Å². The number of fused-ring (bicyclic) bond motifs is 1. The second-order valence-electron chi connectivity index (χ2n) is 4.18. The predicted octanol–water partition coefficient (Wildman–Crippen LogP) is 1.79. The molecule has 0 aliphatic heterocycles. The molecule has 4 nitrogen and oxygen atoms in total. The number of aryl methyl sites for hydroxylation is 1. The number of hydrogen-bond donors (Lipinski definition) is 1. The lowest BCUT2D eigenvalue weighted by Gasteiger charge is -2.24. The number of halogens is 3. The molecule has 1 unspecified atom stereocenters. The van der Waals surface area contributed by atoms with Gasteiger partial charge in [-0.15, -0.1) is 0 Å². The first kappa shape index (κ1) is 11.9. The summed E-state index contributed by atoms with van der Waals surface area (Å²) in [7, 11) is 1.55. The number of carbonyl (C=O) groups is 1. The Kier molecular flexibility index (Phi) is 2.63. The van der Waals surface area contributed by atoms with Crippen LogP contribution in [0.4, 0.5) is 13.2 Å². The molecule has 17 heavy (non-hydrogen) atoms. The third-order valence-corrected chi connectivity index (χ3v) is 3.12. The van der Waals surface area contributed by atoms with E-state index in [-0.39, 0.29) is 30.5 Å². The molecule has 1 heterocycles. The van der Waals surface area contributed by atoms with Crippen molar-refractivity contribution in [1.82, 2.24) is 9.78 Å². The summed E-state index contributed by atoms with van der Waals surface area (Å²) in [5, 5.41) is 12.6. The van der Waals surface area contributed by atoms with Crippen molar-refractivity contribution < 1.29 is 23.1 Å². The number of carboxylic acid groups (broad SMARTS) is 1. The molecule has 1 aliphatic rings. The van der Waals surface area contributed by atoms with Crippen LogP contribution in [0.15, 0.2) is 0 Å². The number of carboxylic acids is 1. The second-order valence-corrected chi connectivity index (χ2v) is 4.18. The minimum Gasteiger partial charge on any atom is -0.476 e. The van der Waals surface area contributed by atoms with Crippen LogP contribution in [0.2, 0.25) is 0 Å². The van der Waals surface area contributed by atoms with Gasteiger partial charge in [0.1, 0.15) is 0 Å². The van der Waals surface area contributed by atoms with Crippen LogP contribution < -0.4 is 0 Å². The Balaban J connectivity index is 2.39. The number of aromatic carboxylic acids is 1. The average Bonchev–Trinajstić information content (AvgIpc) is 2.54. The Hall–Kier alpha value is -1.53. The van der Waals surface area contributed by atoms with Crippen molar-refractivity contribution >= 4 is 5.97 Å². The van der Waals surface area contributed by atoms with E-state index in [0.29, 0.717) is 5.69 Å². The van der Waals surface area contributed by atoms with Gasteiger partial charge in [-0.25, -0.2) is 4.79 Å². The maximum absolute atomic E-state index is 12.6. The number of alkyl halides is 3. The summed E-state index contributed by atoms with van der Waals surface area (Å²) in [5.41, 5.74) is 0.577. The Bertz CT molecular complexity index is 465. The quantitative estimate of drug-likeness (QED) is 0.824. The van der Waals surface area contributed by atoms with Gasteiger partial charge in [-0.05, 0) is 19.3 Å². The van der Waals surface area contributed by atoms with Crippen molar-refractivity contribution in [1.29, 1.82) is 0 Å². The minimum absolute atomic E-state index is 0.00487. The lowest BCUT2D eigenvalue weighted by atomic mass is 9.86. The van der Waals surface area contributed by atoms with Crippen LogP contribution in [0.3, 0.4) is 0 Å². The maximum atomic E-state index is 12.6. The van der Waals surface area contributed by atoms with Crippen LogP contribution in [0.5, 0.6) is 0 Å². The molecule has 1 aromatic heterocycles. The van der Waals surface area contributed by atoms with Gasteiger partial charge in [0, 0.05) is 18.3 Å². The summed E-state index contributed by atoms with van der Waals surface area (Å²) < 4.78 is 39.2. The van der Waals surface area contributed by atoms with Crippen molar-refractivity contribution in [2.24, 2.45) is 13.0 Å². The van der Waals surface area contributed by atoms with Gasteiger partial charge in [-0.1, -0.05) is 0 Å². The highest BCUT2D eigenvalue weighted by atomic mass is 19.4. The molecular formula is C10H11F3N2O2. The summed E-state index contributed by atoms with van der Waals surface area (Å²) >= 11 is 0. The number of rotatable bonds is 1. The van der Waals surface area contributed by atoms with Crippen molar-refractivity contribution in [3.05, 3.63) is 17.0 Å². The molecule has 1 N–H and O–H groups in total. The van der Waals surface area contributed by atoms with E-state index in [0.717, 1.165) is 0 Å². The maximum Gasteiger partial charge on any atom is 0.392 e. The summed E-state index contributed by atoms with van der Waals surface area (Å²) in [5.74, 6) is -2.73. The molecule has 7 heteroatoms. The van der Waals surface area contributed by atoms with E-state index in [4.69, 9.17) is 5.11 Å². The average molecular weight is 248 g/mol. The molecule has 0 spiro atoms. The molecule has 1 aromatic rings. The normalized spacial score (nSPS) is 20.1. The third kappa shape index (κ3) is 2.01. The Morgan fingerprint density at radius 1 is 1.53 bits per heavy atom. The monoisotopic (exact) mass is 248 g/mol. The SMILES string of the molecule is Cn1nc(C(=O)O)c2c1CCC(C(F)(F)F)C2. The molecule has 0 fully saturated rings. The van der Waals surface area contributed by atoms with Crippen LogP contribution in [-0.2, 0) is 19.9 Å². The van der Waals surface area contributed by atoms with Crippen LogP contribution >= 0.6 is 0 Å². The smallest absolute Gasteiger partial charge is 0.392 e. The van der Waals surface area contributed by atoms with Crippen LogP contribution in [-0.4, -0.2) is 27.0 Å². The molecule has 1 atom stereocenters. The molecular weight excluding hydrogens is 237 g/mol. The zero-order chi connectivity index (χ0) is 12.8. The fourth-order valence-electron chi connectivity index (χ4n) is 2.24. The number of nitrogens with zero attached hydrogens (tertiary/aromatic N) is 2. The minimum atomic E-state index is -4.27. The van der Waals surface area contributed by atoms with E-state index in [2.05, 4.69) is 5.10 Å². The van der Waals surface area contributed by atoms with E-state index in [1.54, 1.807) is 7.05 Å². The zero-order valence-corrected chi connectivity index (χ0v) is 9.08. The van der Waals surface area contributed by atoms with Crippen LogP contribution in [0, 0.1) is 5.92 Å². The molecule has 0 saturated carbocycles. The van der Waals surface area contributed by atoms with E-state index in [9.17, 15) is 18.0 Å². The summed E-state index contributed by atoms with van der Waals surface area (Å²) in [6, 6.07) is 0. The fraction of sp³-hybridized carbons (Fsp3) is 0.600. The molecule has 94 valence electrons. The van der Waals surface area contributed by atoms with Gasteiger partial charge in [0.2, 0.25) is 0 Å². The first-order valence-electron chi connectivity index (χ1n) is 5.15. The van der Waals surface area contributed by atoms with Crippen molar-refractivity contribution in [2.45, 2.75) is 25.4 Å². The van der Waals surface area contributed by atoms with Gasteiger partial charge >= 0.3 is 12.1 Å². The molecule has 0 aromatic carbocycles. The van der Waals surface area contributed by atoms with Crippen LogP contribution in [0.25, 0.3) is 0 Å². The second kappa shape index (κ2) is 3.75. The van der Waals surface area contributed by atoms with E-state index < -0.39 is 18.1 Å². The highest BCUT2D eigenvalue weighted by Gasteiger charge is 2.43. The van der Waals surface area contributed by atoms with E-state index >= 15 is 0 Å². The lowest BCUT2D eigenvalue weighted by molar-refractivity contribution is -0.177. The lowest BCUT2D eigenvalue weighted by Crippen LogP contribution is -2.29. The van der Waals surface area contributed by atoms with Crippen LogP contribution in [0.1, 0.15) is 28.2 Å². The molecule has 0 radical (unpaired) electrons. The molecule has 0 bridgehead atoms. The largest absolute Gasteiger partial charge is 0.476 e. The predicted molar refractivity (Wildman–Crippen MR) is 51.7 cm³/mol. The van der Waals surface area contributed by atoms with Crippen molar-refractivity contribution in [2.75, 3.05) is 0 Å². The summed E-state index contributed by atoms with van der Waals surface area (Å²) in [4.78, 5) is 10.9. The Labute approximate surface area is 95.0 Å². The van der Waals surface area contributed by atoms with Gasteiger partial charge in [0.05, 0.1) is 5.92 Å². The van der Waals surface area contributed by atoms with Crippen molar-refractivity contribution in [3.63, 3.8) is 0 Å². The Morgan fingerprint density at radius 2 is 2.18 bits per heavy atom. The van der Waals surface area contributed by atoms with Gasteiger partial charge < -0.3 is 5.11 Å². The first-order valence-corrected chi connectivity index (χ1v) is 5.15. The number of hydrogen-bond acceptors (Lipinski definition) is 2. The van der Waals surface area contributed by atoms with E-state index in [1.807, 2.05) is 0 Å². The number of aromatic nitrogens is 2. The third-order valence-electron chi connectivity index (χ3n) is 3.12. The Morgan fingerprint density at radius 3 is 2.71 bits per heavy atom. The van der Waals surface area contributed by atoms with Crippen molar-refractivity contribution in [3.8, 4) is 0 Å². The molecule has 0 amide bonds. The zero-order valence-electron chi connectivity index (χ0n) is 9.08. The summed E-state index contributed by atoms with van der Waals surface area (Å²) in [6.45, 7) is 0. The highest BCUT2D eigenvalue weighted by Crippen LogP contribution is 2.37. The topological polar surface area (TPSA) is 55.1 Å². The van der Waals surface area contributed by atoms with Gasteiger partial charge in [0.25, 0.3) is 0 Å². The standard InChI is InChI=1S/C10H11F3N2O2/c1-15-7-3-2-5(10(11,12)13)4-6(7)8(14-15)9(16)17/h5H,2-4H2,1H3,(H,16,17). The summed E-state index contributed by atoms with van der Waals surface area (Å²) in [6.07, 6.45) is -4.34. The fourth-order valence-corrected chi connectivity index (χ4v) is 2.24.